The molecule has 0 saturated carbocycles. The maximum atomic E-state index is 12.8. The molecule has 2 nitrogen and oxygen atoms in total. The van der Waals surface area contributed by atoms with E-state index in [0.717, 1.165) is 0 Å². The van der Waals surface area contributed by atoms with Crippen LogP contribution in [0.3, 0.4) is 0 Å². The number of hydrogen-bond acceptors (Lipinski definition) is 2. The van der Waals surface area contributed by atoms with Gasteiger partial charge in [0.05, 0.1) is 6.10 Å². The van der Waals surface area contributed by atoms with Crippen molar-refractivity contribution in [2.45, 2.75) is 12.5 Å². The molecule has 0 radical (unpaired) electrons. The van der Waals surface area contributed by atoms with Gasteiger partial charge in [-0.3, -0.25) is 0 Å². The molecule has 0 heterocycles. The summed E-state index contributed by atoms with van der Waals surface area (Å²) in [6.07, 6.45) is 0.0219. The Morgan fingerprint density at radius 2 is 2.21 bits per heavy atom. The average Bonchev–Trinajstić information content (AvgIpc) is 2.17. The van der Waals surface area contributed by atoms with Gasteiger partial charge in [-0.1, -0.05) is 12.1 Å². The van der Waals surface area contributed by atoms with Crippen LogP contribution in [0.25, 0.3) is 0 Å². The highest BCUT2D eigenvalue weighted by atomic mass is 19.1. The Kier molecular flexibility index (Phi) is 4.49. The molecule has 0 bridgehead atoms. The minimum Gasteiger partial charge on any atom is -0.342 e. The van der Waals surface area contributed by atoms with Gasteiger partial charge in [0.1, 0.15) is 5.82 Å². The number of halogens is 2. The van der Waals surface area contributed by atoms with Crippen LogP contribution in [0, 0.1) is 5.82 Å². The molecule has 78 valence electrons. The monoisotopic (exact) mass is 201 g/mol. The van der Waals surface area contributed by atoms with Crippen molar-refractivity contribution in [2.75, 3.05) is 13.4 Å². The molecular weight excluding hydrogens is 188 g/mol. The van der Waals surface area contributed by atoms with Crippen molar-refractivity contribution in [3.8, 4) is 0 Å². The van der Waals surface area contributed by atoms with Gasteiger partial charge in [-0.25, -0.2) is 8.78 Å². The Morgan fingerprint density at radius 1 is 1.43 bits per heavy atom. The molecule has 0 aliphatic carbocycles. The van der Waals surface area contributed by atoms with Crippen molar-refractivity contribution in [3.05, 3.63) is 35.6 Å². The number of nitrogens with two attached hydrogens (primary N) is 1. The predicted octanol–water partition coefficient (Wildman–Crippen LogP) is 2.16. The quantitative estimate of drug-likeness (QED) is 0.792. The molecule has 4 heteroatoms. The molecule has 1 aromatic carbocycles. The van der Waals surface area contributed by atoms with Crippen LogP contribution < -0.4 is 5.73 Å². The molecule has 2 N–H and O–H groups in total. The van der Waals surface area contributed by atoms with E-state index in [0.29, 0.717) is 18.5 Å². The lowest BCUT2D eigenvalue weighted by molar-refractivity contribution is -0.00883. The van der Waals surface area contributed by atoms with Crippen LogP contribution in [0.2, 0.25) is 0 Å². The lowest BCUT2D eigenvalue weighted by Crippen LogP contribution is -2.10. The highest BCUT2D eigenvalue weighted by Gasteiger charge is 2.11. The SMILES string of the molecule is NCCC(OCF)c1cccc(F)c1. The van der Waals surface area contributed by atoms with E-state index in [9.17, 15) is 8.78 Å². The summed E-state index contributed by atoms with van der Waals surface area (Å²) >= 11 is 0. The van der Waals surface area contributed by atoms with E-state index in [-0.39, 0.29) is 5.82 Å². The van der Waals surface area contributed by atoms with Gasteiger partial charge < -0.3 is 10.5 Å². The number of benzene rings is 1. The van der Waals surface area contributed by atoms with Crippen molar-refractivity contribution < 1.29 is 13.5 Å². The minimum absolute atomic E-state index is 0.355. The fourth-order valence-electron chi connectivity index (χ4n) is 1.28. The average molecular weight is 201 g/mol. The minimum atomic E-state index is -0.888. The molecule has 1 aromatic rings. The third-order valence-electron chi connectivity index (χ3n) is 1.91. The Hall–Kier alpha value is -1.00. The first-order valence-corrected chi connectivity index (χ1v) is 4.41. The Labute approximate surface area is 81.7 Å². The number of ether oxygens (including phenoxy) is 1. The van der Waals surface area contributed by atoms with Crippen molar-refractivity contribution in [1.82, 2.24) is 0 Å². The first-order chi connectivity index (χ1) is 6.77. The molecule has 0 aliphatic heterocycles. The second-order valence-corrected chi connectivity index (χ2v) is 2.90. The molecule has 0 saturated heterocycles. The van der Waals surface area contributed by atoms with Crippen LogP contribution in [-0.2, 0) is 4.74 Å². The van der Waals surface area contributed by atoms with Crippen molar-refractivity contribution in [3.63, 3.8) is 0 Å². The molecular formula is C10H13F2NO. The maximum Gasteiger partial charge on any atom is 0.189 e. The van der Waals surface area contributed by atoms with Crippen LogP contribution in [0.15, 0.2) is 24.3 Å². The third-order valence-corrected chi connectivity index (χ3v) is 1.91. The highest BCUT2D eigenvalue weighted by molar-refractivity contribution is 5.18. The summed E-state index contributed by atoms with van der Waals surface area (Å²) in [4.78, 5) is 0. The van der Waals surface area contributed by atoms with Gasteiger partial charge in [-0.2, -0.15) is 0 Å². The summed E-state index contributed by atoms with van der Waals surface area (Å²) < 4.78 is 29.6. The van der Waals surface area contributed by atoms with E-state index < -0.39 is 13.0 Å². The van der Waals surface area contributed by atoms with Crippen molar-refractivity contribution in [1.29, 1.82) is 0 Å². The van der Waals surface area contributed by atoms with Gasteiger partial charge in [0, 0.05) is 0 Å². The maximum absolute atomic E-state index is 12.8. The molecule has 14 heavy (non-hydrogen) atoms. The summed E-state index contributed by atoms with van der Waals surface area (Å²) in [5, 5.41) is 0. The van der Waals surface area contributed by atoms with E-state index in [4.69, 9.17) is 10.5 Å². The van der Waals surface area contributed by atoms with Crippen molar-refractivity contribution >= 4 is 0 Å². The zero-order valence-corrected chi connectivity index (χ0v) is 7.75. The topological polar surface area (TPSA) is 35.2 Å². The summed E-state index contributed by atoms with van der Waals surface area (Å²) in [5.74, 6) is -0.355. The summed E-state index contributed by atoms with van der Waals surface area (Å²) in [6.45, 7) is -0.512. The molecule has 1 rings (SSSR count). The number of rotatable bonds is 5. The van der Waals surface area contributed by atoms with E-state index >= 15 is 0 Å². The molecule has 0 aliphatic rings. The van der Waals surface area contributed by atoms with E-state index in [1.807, 2.05) is 0 Å². The summed E-state index contributed by atoms with van der Waals surface area (Å²) in [5.41, 5.74) is 5.96. The van der Waals surface area contributed by atoms with Gasteiger partial charge in [0.15, 0.2) is 6.86 Å². The summed E-state index contributed by atoms with van der Waals surface area (Å²) in [7, 11) is 0. The first-order valence-electron chi connectivity index (χ1n) is 4.41. The number of hydrogen-bond donors (Lipinski definition) is 1. The van der Waals surface area contributed by atoms with E-state index in [1.165, 1.54) is 12.1 Å². The smallest absolute Gasteiger partial charge is 0.189 e. The number of alkyl halides is 1. The fourth-order valence-corrected chi connectivity index (χ4v) is 1.28. The molecule has 1 unspecified atom stereocenters. The Bertz CT molecular complexity index is 275. The van der Waals surface area contributed by atoms with Crippen molar-refractivity contribution in [2.24, 2.45) is 5.73 Å². The first kappa shape index (κ1) is 11.1. The van der Waals surface area contributed by atoms with Crippen LogP contribution in [-0.4, -0.2) is 13.4 Å². The lowest BCUT2D eigenvalue weighted by atomic mass is 10.1. The fraction of sp³-hybridized carbons (Fsp3) is 0.400. The highest BCUT2D eigenvalue weighted by Crippen LogP contribution is 2.21. The van der Waals surface area contributed by atoms with Gasteiger partial charge in [-0.05, 0) is 30.7 Å². The third kappa shape index (κ3) is 3.05. The Morgan fingerprint density at radius 3 is 2.79 bits per heavy atom. The summed E-state index contributed by atoms with van der Waals surface area (Å²) in [6, 6.07) is 5.92. The normalized spacial score (nSPS) is 12.8. The molecule has 0 aromatic heterocycles. The molecule has 0 fully saturated rings. The van der Waals surface area contributed by atoms with Gasteiger partial charge >= 0.3 is 0 Å². The zero-order valence-electron chi connectivity index (χ0n) is 7.75. The molecule has 0 spiro atoms. The molecule has 0 amide bonds. The van der Waals surface area contributed by atoms with Gasteiger partial charge in [-0.15, -0.1) is 0 Å². The van der Waals surface area contributed by atoms with Crippen LogP contribution >= 0.6 is 0 Å². The van der Waals surface area contributed by atoms with E-state index in [2.05, 4.69) is 0 Å². The lowest BCUT2D eigenvalue weighted by Gasteiger charge is -2.15. The zero-order chi connectivity index (χ0) is 10.4. The second kappa shape index (κ2) is 5.67. The Balaban J connectivity index is 2.75. The molecule has 1 atom stereocenters. The predicted molar refractivity (Wildman–Crippen MR) is 49.9 cm³/mol. The van der Waals surface area contributed by atoms with Gasteiger partial charge in [0.2, 0.25) is 0 Å². The largest absolute Gasteiger partial charge is 0.342 e. The van der Waals surface area contributed by atoms with E-state index in [1.54, 1.807) is 12.1 Å². The second-order valence-electron chi connectivity index (χ2n) is 2.90. The standard InChI is InChI=1S/C10H13F2NO/c11-7-14-10(4-5-13)8-2-1-3-9(12)6-8/h1-3,6,10H,4-5,7,13H2. The van der Waals surface area contributed by atoms with Crippen LogP contribution in [0.4, 0.5) is 8.78 Å². The van der Waals surface area contributed by atoms with Crippen LogP contribution in [0.5, 0.6) is 0 Å². The van der Waals surface area contributed by atoms with Crippen LogP contribution in [0.1, 0.15) is 18.1 Å². The van der Waals surface area contributed by atoms with Gasteiger partial charge in [0.25, 0.3) is 0 Å².